The van der Waals surface area contributed by atoms with Gasteiger partial charge in [-0.05, 0) is 37.4 Å². The Bertz CT molecular complexity index is 910. The maximum Gasteiger partial charge on any atom is 0.410 e. The molecule has 3 rings (SSSR count). The van der Waals surface area contributed by atoms with E-state index >= 15 is 0 Å². The van der Waals surface area contributed by atoms with E-state index < -0.39 is 12.1 Å². The Morgan fingerprint density at radius 3 is 2.58 bits per heavy atom. The van der Waals surface area contributed by atoms with Crippen molar-refractivity contribution in [2.24, 2.45) is 11.5 Å². The molecule has 1 saturated heterocycles. The molecule has 1 unspecified atom stereocenters. The summed E-state index contributed by atoms with van der Waals surface area (Å²) in [5, 5.41) is 2.74. The van der Waals surface area contributed by atoms with Gasteiger partial charge in [0.25, 0.3) is 0 Å². The van der Waals surface area contributed by atoms with E-state index in [1.54, 1.807) is 6.07 Å². The lowest BCUT2D eigenvalue weighted by atomic mass is 10.0. The highest BCUT2D eigenvalue weighted by Crippen LogP contribution is 2.40. The quantitative estimate of drug-likeness (QED) is 0.558. The topological polar surface area (TPSA) is 137 Å². The number of anilines is 1. The molecule has 166 valence electrons. The van der Waals surface area contributed by atoms with E-state index in [1.807, 2.05) is 31.2 Å². The molecule has 9 nitrogen and oxygen atoms in total. The van der Waals surface area contributed by atoms with Gasteiger partial charge in [-0.25, -0.2) is 9.59 Å². The number of esters is 1. The normalized spacial score (nSPS) is 16.5. The number of piperidine rings is 1. The minimum atomic E-state index is -0.982. The largest absolute Gasteiger partial charge is 0.465 e. The molecule has 1 atom stereocenters. The fourth-order valence-electron chi connectivity index (χ4n) is 3.59. The molecule has 0 saturated carbocycles. The molecule has 1 aromatic heterocycles. The third-order valence-corrected chi connectivity index (χ3v) is 6.02. The van der Waals surface area contributed by atoms with Gasteiger partial charge in [-0.15, -0.1) is 11.3 Å². The van der Waals surface area contributed by atoms with Crippen LogP contribution >= 0.6 is 11.3 Å². The zero-order valence-electron chi connectivity index (χ0n) is 17.3. The first-order chi connectivity index (χ1) is 14.9. The van der Waals surface area contributed by atoms with Crippen LogP contribution in [0.5, 0.6) is 5.75 Å². The number of ether oxygens (including phenoxy) is 2. The highest BCUT2D eigenvalue weighted by Gasteiger charge is 2.29. The van der Waals surface area contributed by atoms with Crippen LogP contribution in [-0.4, -0.2) is 42.2 Å². The summed E-state index contributed by atoms with van der Waals surface area (Å²) < 4.78 is 10.2. The van der Waals surface area contributed by atoms with Crippen LogP contribution < -0.4 is 21.5 Å². The lowest BCUT2D eigenvalue weighted by Crippen LogP contribution is -2.44. The van der Waals surface area contributed by atoms with Crippen molar-refractivity contribution in [3.63, 3.8) is 0 Å². The van der Waals surface area contributed by atoms with Crippen LogP contribution in [0, 0.1) is 0 Å². The Labute approximate surface area is 184 Å². The number of nitrogens with one attached hydrogen (secondary N) is 1. The summed E-state index contributed by atoms with van der Waals surface area (Å²) >= 11 is 1.22. The van der Waals surface area contributed by atoms with Crippen molar-refractivity contribution in [3.05, 3.63) is 35.9 Å². The second-order valence-electron chi connectivity index (χ2n) is 7.15. The number of primary amides is 2. The molecule has 31 heavy (non-hydrogen) atoms. The van der Waals surface area contributed by atoms with Crippen molar-refractivity contribution in [3.8, 4) is 16.2 Å². The molecule has 1 fully saturated rings. The van der Waals surface area contributed by atoms with Crippen molar-refractivity contribution < 1.29 is 23.9 Å². The Morgan fingerprint density at radius 2 is 1.94 bits per heavy atom. The number of amides is 3. The maximum atomic E-state index is 12.3. The molecule has 5 N–H and O–H groups in total. The summed E-state index contributed by atoms with van der Waals surface area (Å²) in [5.41, 5.74) is 12.2. The molecule has 1 aliphatic rings. The molecule has 0 radical (unpaired) electrons. The highest BCUT2D eigenvalue weighted by molar-refractivity contribution is 7.20. The predicted molar refractivity (Wildman–Crippen MR) is 118 cm³/mol. The second kappa shape index (κ2) is 10.3. The minimum Gasteiger partial charge on any atom is -0.465 e. The smallest absolute Gasteiger partial charge is 0.410 e. The predicted octanol–water partition coefficient (Wildman–Crippen LogP) is 3.28. The molecule has 2 heterocycles. The summed E-state index contributed by atoms with van der Waals surface area (Å²) in [6.45, 7) is 3.70. The summed E-state index contributed by atoms with van der Waals surface area (Å²) in [7, 11) is 0. The van der Waals surface area contributed by atoms with Crippen LogP contribution in [0.15, 0.2) is 30.3 Å². The van der Waals surface area contributed by atoms with Crippen LogP contribution in [0.1, 0.15) is 31.7 Å². The molecular formula is C21H26N4O5S. The van der Waals surface area contributed by atoms with Gasteiger partial charge in [-0.3, -0.25) is 15.0 Å². The standard InChI is InChI=1S/C21H26N4O5S/c1-2-29-19(26)15-5-3-4-10-25(15)12-13-6-8-14(9-7-13)17-11-16(30-21(23)28)18(31-17)24-20(22)27/h6-9,11,15H,2-5,10,12H2,1H3,(H2,23,28)(H3,22,24,27). The van der Waals surface area contributed by atoms with Crippen LogP contribution in [0.3, 0.4) is 0 Å². The molecule has 2 aromatic rings. The number of nitrogens with zero attached hydrogens (tertiary/aromatic N) is 1. The van der Waals surface area contributed by atoms with Crippen LogP contribution in [0.25, 0.3) is 10.4 Å². The fourth-order valence-corrected chi connectivity index (χ4v) is 4.59. The van der Waals surface area contributed by atoms with Crippen molar-refractivity contribution in [2.75, 3.05) is 18.5 Å². The lowest BCUT2D eigenvalue weighted by molar-refractivity contribution is -0.151. The number of likely N-dealkylation sites (tertiary alicyclic amines) is 1. The van der Waals surface area contributed by atoms with Gasteiger partial charge in [0.2, 0.25) is 0 Å². The first-order valence-electron chi connectivity index (χ1n) is 10.0. The van der Waals surface area contributed by atoms with Gasteiger partial charge in [0.05, 0.1) is 6.61 Å². The fraction of sp³-hybridized carbons (Fsp3) is 0.381. The monoisotopic (exact) mass is 446 g/mol. The summed E-state index contributed by atoms with van der Waals surface area (Å²) in [4.78, 5) is 37.5. The Kier molecular flexibility index (Phi) is 7.48. The number of hydrogen-bond acceptors (Lipinski definition) is 7. The third kappa shape index (κ3) is 5.96. The minimum absolute atomic E-state index is 0.140. The third-order valence-electron chi connectivity index (χ3n) is 4.94. The van der Waals surface area contributed by atoms with Gasteiger partial charge >= 0.3 is 18.1 Å². The first kappa shape index (κ1) is 22.6. The Morgan fingerprint density at radius 1 is 1.19 bits per heavy atom. The molecular weight excluding hydrogens is 420 g/mol. The van der Waals surface area contributed by atoms with E-state index in [2.05, 4.69) is 10.2 Å². The van der Waals surface area contributed by atoms with Crippen LogP contribution in [0.4, 0.5) is 14.6 Å². The van der Waals surface area contributed by atoms with E-state index in [9.17, 15) is 14.4 Å². The Hall–Kier alpha value is -3.11. The summed E-state index contributed by atoms with van der Waals surface area (Å²) in [6.07, 6.45) is 1.91. The average Bonchev–Trinajstić information content (AvgIpc) is 3.10. The van der Waals surface area contributed by atoms with Gasteiger partial charge in [-0.2, -0.15) is 0 Å². The maximum absolute atomic E-state index is 12.3. The second-order valence-corrected chi connectivity index (χ2v) is 8.20. The molecule has 0 spiro atoms. The van der Waals surface area contributed by atoms with Crippen molar-refractivity contribution >= 4 is 34.4 Å². The van der Waals surface area contributed by atoms with E-state index in [1.165, 1.54) is 11.3 Å². The van der Waals surface area contributed by atoms with E-state index in [0.29, 0.717) is 18.2 Å². The number of rotatable bonds is 7. The molecule has 0 bridgehead atoms. The van der Waals surface area contributed by atoms with E-state index in [-0.39, 0.29) is 17.8 Å². The molecule has 1 aromatic carbocycles. The number of nitrogens with two attached hydrogens (primary N) is 2. The number of benzene rings is 1. The number of urea groups is 1. The van der Waals surface area contributed by atoms with E-state index in [4.69, 9.17) is 20.9 Å². The first-order valence-corrected chi connectivity index (χ1v) is 10.9. The van der Waals surface area contributed by atoms with Gasteiger partial charge in [0.15, 0.2) is 5.75 Å². The van der Waals surface area contributed by atoms with Gasteiger partial charge in [0, 0.05) is 17.5 Å². The zero-order valence-corrected chi connectivity index (χ0v) is 18.1. The highest BCUT2D eigenvalue weighted by atomic mass is 32.1. The molecule has 1 aliphatic heterocycles. The van der Waals surface area contributed by atoms with Crippen LogP contribution in [-0.2, 0) is 16.1 Å². The van der Waals surface area contributed by atoms with Crippen molar-refractivity contribution in [2.45, 2.75) is 38.8 Å². The average molecular weight is 447 g/mol. The van der Waals surface area contributed by atoms with Gasteiger partial charge < -0.3 is 20.9 Å². The number of thiophene rings is 1. The zero-order chi connectivity index (χ0) is 22.4. The number of hydrogen-bond donors (Lipinski definition) is 3. The molecule has 10 heteroatoms. The van der Waals surface area contributed by atoms with Crippen molar-refractivity contribution in [1.29, 1.82) is 0 Å². The van der Waals surface area contributed by atoms with E-state index in [0.717, 1.165) is 41.8 Å². The number of carbonyl (C=O) groups is 3. The summed E-state index contributed by atoms with van der Waals surface area (Å²) in [5.74, 6) is -0.0187. The molecule has 3 amide bonds. The SMILES string of the molecule is CCOC(=O)C1CCCCN1Cc1ccc(-c2cc(OC(N)=O)c(NC(N)=O)s2)cc1. The van der Waals surface area contributed by atoms with Gasteiger partial charge in [-0.1, -0.05) is 30.7 Å². The lowest BCUT2D eigenvalue weighted by Gasteiger charge is -2.34. The number of carbonyl (C=O) groups excluding carboxylic acids is 3. The molecule has 0 aliphatic carbocycles. The Balaban J connectivity index is 1.75. The van der Waals surface area contributed by atoms with Crippen LogP contribution in [0.2, 0.25) is 0 Å². The summed E-state index contributed by atoms with van der Waals surface area (Å²) in [6, 6.07) is 8.50. The van der Waals surface area contributed by atoms with Crippen molar-refractivity contribution in [1.82, 2.24) is 4.90 Å². The van der Waals surface area contributed by atoms with Gasteiger partial charge in [0.1, 0.15) is 11.0 Å².